The Bertz CT molecular complexity index is 678. The number of aromatic nitrogens is 2. The van der Waals surface area contributed by atoms with Gasteiger partial charge >= 0.3 is 0 Å². The van der Waals surface area contributed by atoms with Gasteiger partial charge in [0, 0.05) is 30.0 Å². The minimum atomic E-state index is -0.0252. The number of nitrogens with zero attached hydrogens (tertiary/aromatic N) is 1. The number of rotatable bonds is 3. The van der Waals surface area contributed by atoms with Crippen molar-refractivity contribution in [1.82, 2.24) is 9.97 Å². The molecule has 2 aromatic rings. The Morgan fingerprint density at radius 1 is 1.15 bits per heavy atom. The summed E-state index contributed by atoms with van der Waals surface area (Å²) in [7, 11) is 0. The van der Waals surface area contributed by atoms with E-state index >= 15 is 0 Å². The summed E-state index contributed by atoms with van der Waals surface area (Å²) in [4.78, 5) is 20.6. The van der Waals surface area contributed by atoms with Gasteiger partial charge in [-0.2, -0.15) is 0 Å². The van der Waals surface area contributed by atoms with Gasteiger partial charge in [0.25, 0.3) is 0 Å². The lowest BCUT2D eigenvalue weighted by molar-refractivity contribution is 0.103. The van der Waals surface area contributed by atoms with Crippen LogP contribution in [0.2, 0.25) is 0 Å². The number of ketones is 1. The van der Waals surface area contributed by atoms with Crippen molar-refractivity contribution in [2.45, 2.75) is 19.8 Å². The maximum absolute atomic E-state index is 12.4. The fourth-order valence-corrected chi connectivity index (χ4v) is 2.90. The summed E-state index contributed by atoms with van der Waals surface area (Å²) in [5.41, 5.74) is 3.20. The van der Waals surface area contributed by atoms with Crippen LogP contribution >= 0.6 is 12.2 Å². The van der Waals surface area contributed by atoms with Crippen LogP contribution in [0.15, 0.2) is 24.3 Å². The Labute approximate surface area is 122 Å². The quantitative estimate of drug-likeness (QED) is 0.673. The Hall–Kier alpha value is -1.88. The number of carbonyl (C=O) groups is 1. The Morgan fingerprint density at radius 2 is 1.80 bits per heavy atom. The number of hydrogen-bond donors (Lipinski definition) is 2. The summed E-state index contributed by atoms with van der Waals surface area (Å²) in [5, 5.41) is 0. The van der Waals surface area contributed by atoms with Crippen LogP contribution in [0.1, 0.15) is 34.6 Å². The molecule has 1 aromatic carbocycles. The zero-order chi connectivity index (χ0) is 14.1. The van der Waals surface area contributed by atoms with E-state index in [2.05, 4.69) is 14.9 Å². The fourth-order valence-electron chi connectivity index (χ4n) is 2.64. The van der Waals surface area contributed by atoms with Gasteiger partial charge in [-0.3, -0.25) is 4.79 Å². The molecular formula is C15H17N3OS. The molecule has 5 heteroatoms. The summed E-state index contributed by atoms with van der Waals surface area (Å²) >= 11 is 5.01. The van der Waals surface area contributed by atoms with Gasteiger partial charge in [-0.25, -0.2) is 0 Å². The lowest BCUT2D eigenvalue weighted by Gasteiger charge is -2.17. The molecule has 0 unspecified atom stereocenters. The molecule has 0 atom stereocenters. The molecule has 1 saturated heterocycles. The number of H-pyrrole nitrogens is 2. The van der Waals surface area contributed by atoms with E-state index in [4.69, 9.17) is 12.2 Å². The molecule has 0 radical (unpaired) electrons. The van der Waals surface area contributed by atoms with E-state index in [-0.39, 0.29) is 5.78 Å². The number of aryl methyl sites for hydroxylation is 1. The van der Waals surface area contributed by atoms with Gasteiger partial charge in [-0.1, -0.05) is 0 Å². The predicted molar refractivity (Wildman–Crippen MR) is 82.0 cm³/mol. The maximum atomic E-state index is 12.4. The van der Waals surface area contributed by atoms with E-state index in [1.165, 1.54) is 18.5 Å². The molecule has 2 heterocycles. The highest BCUT2D eigenvalue weighted by Gasteiger charge is 2.16. The van der Waals surface area contributed by atoms with Crippen LogP contribution in [0.4, 0.5) is 5.69 Å². The van der Waals surface area contributed by atoms with Crippen LogP contribution in [0.5, 0.6) is 0 Å². The first-order valence-corrected chi connectivity index (χ1v) is 7.24. The van der Waals surface area contributed by atoms with Gasteiger partial charge in [0.15, 0.2) is 4.77 Å². The van der Waals surface area contributed by atoms with Crippen LogP contribution in [-0.4, -0.2) is 28.8 Å². The molecular weight excluding hydrogens is 270 g/mol. The molecule has 20 heavy (non-hydrogen) atoms. The number of benzene rings is 1. The summed E-state index contributed by atoms with van der Waals surface area (Å²) in [6, 6.07) is 7.82. The van der Waals surface area contributed by atoms with Gasteiger partial charge < -0.3 is 14.9 Å². The van der Waals surface area contributed by atoms with Crippen molar-refractivity contribution in [2.24, 2.45) is 0 Å². The summed E-state index contributed by atoms with van der Waals surface area (Å²) < 4.78 is 0.486. The molecule has 104 valence electrons. The van der Waals surface area contributed by atoms with Gasteiger partial charge in [0.05, 0.1) is 0 Å². The Kier molecular flexibility index (Phi) is 3.44. The number of hydrogen-bond acceptors (Lipinski definition) is 3. The molecule has 1 aliphatic heterocycles. The van der Waals surface area contributed by atoms with Crippen molar-refractivity contribution < 1.29 is 4.79 Å². The summed E-state index contributed by atoms with van der Waals surface area (Å²) in [6.45, 7) is 4.06. The van der Waals surface area contributed by atoms with Crippen LogP contribution in [0.25, 0.3) is 0 Å². The van der Waals surface area contributed by atoms with Crippen molar-refractivity contribution in [3.63, 3.8) is 0 Å². The summed E-state index contributed by atoms with van der Waals surface area (Å²) in [5.74, 6) is -0.0252. The third-order valence-electron chi connectivity index (χ3n) is 3.74. The van der Waals surface area contributed by atoms with Crippen molar-refractivity contribution in [3.05, 3.63) is 46.0 Å². The van der Waals surface area contributed by atoms with E-state index in [0.717, 1.165) is 18.8 Å². The molecule has 0 bridgehead atoms. The average Bonchev–Trinajstić information content (AvgIpc) is 3.08. The van der Waals surface area contributed by atoms with Gasteiger partial charge in [0.1, 0.15) is 5.69 Å². The molecule has 0 saturated carbocycles. The zero-order valence-electron chi connectivity index (χ0n) is 11.4. The molecule has 1 aliphatic rings. The Morgan fingerprint density at radius 3 is 2.35 bits per heavy atom. The number of aromatic amines is 2. The lowest BCUT2D eigenvalue weighted by Crippen LogP contribution is -2.17. The third kappa shape index (κ3) is 2.41. The SMILES string of the molecule is Cc1[nH]c(=S)[nH]c1C(=O)c1ccc(N2CCCC2)cc1. The maximum Gasteiger partial charge on any atom is 0.211 e. The normalized spacial score (nSPS) is 14.8. The minimum Gasteiger partial charge on any atom is -0.372 e. The first-order chi connectivity index (χ1) is 9.65. The molecule has 3 rings (SSSR count). The second kappa shape index (κ2) is 5.25. The van der Waals surface area contributed by atoms with Crippen molar-refractivity contribution in [1.29, 1.82) is 0 Å². The van der Waals surface area contributed by atoms with E-state index < -0.39 is 0 Å². The molecule has 1 aromatic heterocycles. The smallest absolute Gasteiger partial charge is 0.211 e. The van der Waals surface area contributed by atoms with E-state index in [1.807, 2.05) is 31.2 Å². The zero-order valence-corrected chi connectivity index (χ0v) is 12.2. The standard InChI is InChI=1S/C15H17N3OS/c1-10-13(17-15(20)16-10)14(19)11-4-6-12(7-5-11)18-8-2-3-9-18/h4-7H,2-3,8-9H2,1H3,(H2,16,17,20). The summed E-state index contributed by atoms with van der Waals surface area (Å²) in [6.07, 6.45) is 2.50. The molecule has 0 amide bonds. The highest BCUT2D eigenvalue weighted by molar-refractivity contribution is 7.71. The fraction of sp³-hybridized carbons (Fsp3) is 0.333. The monoisotopic (exact) mass is 287 g/mol. The average molecular weight is 287 g/mol. The lowest BCUT2D eigenvalue weighted by atomic mass is 10.1. The molecule has 1 fully saturated rings. The third-order valence-corrected chi connectivity index (χ3v) is 3.95. The topological polar surface area (TPSA) is 51.9 Å². The van der Waals surface area contributed by atoms with E-state index in [0.29, 0.717) is 16.0 Å². The minimum absolute atomic E-state index is 0.0252. The van der Waals surface area contributed by atoms with Crippen LogP contribution in [0.3, 0.4) is 0 Å². The second-order valence-corrected chi connectivity index (χ2v) is 5.56. The van der Waals surface area contributed by atoms with Crippen LogP contribution < -0.4 is 4.90 Å². The number of anilines is 1. The van der Waals surface area contributed by atoms with Gasteiger partial charge in [-0.15, -0.1) is 0 Å². The predicted octanol–water partition coefficient (Wildman–Crippen LogP) is 3.21. The second-order valence-electron chi connectivity index (χ2n) is 5.15. The number of carbonyl (C=O) groups excluding carboxylic acids is 1. The highest BCUT2D eigenvalue weighted by atomic mass is 32.1. The number of imidazole rings is 1. The molecule has 2 N–H and O–H groups in total. The van der Waals surface area contributed by atoms with E-state index in [1.54, 1.807) is 0 Å². The molecule has 4 nitrogen and oxygen atoms in total. The number of nitrogens with one attached hydrogen (secondary N) is 2. The van der Waals surface area contributed by atoms with Gasteiger partial charge in [0.2, 0.25) is 5.78 Å². The largest absolute Gasteiger partial charge is 0.372 e. The van der Waals surface area contributed by atoms with Crippen LogP contribution in [-0.2, 0) is 0 Å². The first-order valence-electron chi connectivity index (χ1n) is 6.84. The molecule has 0 spiro atoms. The van der Waals surface area contributed by atoms with Crippen molar-refractivity contribution >= 4 is 23.7 Å². The van der Waals surface area contributed by atoms with Crippen molar-refractivity contribution in [3.8, 4) is 0 Å². The van der Waals surface area contributed by atoms with Crippen molar-refractivity contribution in [2.75, 3.05) is 18.0 Å². The Balaban J connectivity index is 1.85. The molecule has 0 aliphatic carbocycles. The van der Waals surface area contributed by atoms with E-state index in [9.17, 15) is 4.79 Å². The van der Waals surface area contributed by atoms with Gasteiger partial charge in [-0.05, 0) is 56.2 Å². The first kappa shape index (κ1) is 13.1. The highest BCUT2D eigenvalue weighted by Crippen LogP contribution is 2.21. The van der Waals surface area contributed by atoms with Crippen LogP contribution in [0, 0.1) is 11.7 Å².